The van der Waals surface area contributed by atoms with Crippen molar-refractivity contribution in [2.24, 2.45) is 0 Å². The lowest BCUT2D eigenvalue weighted by Crippen LogP contribution is -2.24. The number of halogens is 2. The SMILES string of the molecule is COc1ccc(Cl)cc1NC(=O)c1ccc(Cl)c(N2CCCC2=O)c1. The van der Waals surface area contributed by atoms with Gasteiger partial charge in [-0.2, -0.15) is 0 Å². The van der Waals surface area contributed by atoms with Crippen LogP contribution in [0.2, 0.25) is 10.0 Å². The second-order valence-electron chi connectivity index (χ2n) is 5.61. The summed E-state index contributed by atoms with van der Waals surface area (Å²) in [5, 5.41) is 3.69. The second-order valence-corrected chi connectivity index (χ2v) is 6.46. The molecular formula is C18H16Cl2N2O3. The molecular weight excluding hydrogens is 363 g/mol. The third kappa shape index (κ3) is 3.72. The quantitative estimate of drug-likeness (QED) is 0.858. The van der Waals surface area contributed by atoms with Gasteiger partial charge in [0.25, 0.3) is 5.91 Å². The molecule has 2 aromatic carbocycles. The molecule has 1 saturated heterocycles. The highest BCUT2D eigenvalue weighted by atomic mass is 35.5. The Labute approximate surface area is 155 Å². The molecule has 5 nitrogen and oxygen atoms in total. The van der Waals surface area contributed by atoms with Crippen molar-refractivity contribution in [3.05, 3.63) is 52.0 Å². The standard InChI is InChI=1S/C18H16Cl2N2O3/c1-25-16-7-5-12(19)10-14(16)21-18(24)11-4-6-13(20)15(9-11)22-8-2-3-17(22)23/h4-7,9-10H,2-3,8H2,1H3,(H,21,24). The molecule has 0 bridgehead atoms. The lowest BCUT2D eigenvalue weighted by atomic mass is 10.1. The summed E-state index contributed by atoms with van der Waals surface area (Å²) in [5.74, 6) is 0.169. The Balaban J connectivity index is 1.88. The van der Waals surface area contributed by atoms with Crippen LogP contribution in [0.5, 0.6) is 5.75 Å². The van der Waals surface area contributed by atoms with E-state index >= 15 is 0 Å². The van der Waals surface area contributed by atoms with Gasteiger partial charge in [0.15, 0.2) is 0 Å². The van der Waals surface area contributed by atoms with E-state index in [0.29, 0.717) is 45.7 Å². The van der Waals surface area contributed by atoms with E-state index < -0.39 is 0 Å². The fourth-order valence-electron chi connectivity index (χ4n) is 2.74. The fourth-order valence-corrected chi connectivity index (χ4v) is 3.13. The van der Waals surface area contributed by atoms with E-state index in [9.17, 15) is 9.59 Å². The lowest BCUT2D eigenvalue weighted by molar-refractivity contribution is -0.117. The molecule has 0 saturated carbocycles. The van der Waals surface area contributed by atoms with Crippen LogP contribution in [0.3, 0.4) is 0 Å². The summed E-state index contributed by atoms with van der Waals surface area (Å²) in [5.41, 5.74) is 1.41. The van der Waals surface area contributed by atoms with Crippen LogP contribution in [0.4, 0.5) is 11.4 Å². The number of amides is 2. The van der Waals surface area contributed by atoms with Gasteiger partial charge >= 0.3 is 0 Å². The summed E-state index contributed by atoms with van der Waals surface area (Å²) in [6.07, 6.45) is 1.28. The summed E-state index contributed by atoms with van der Waals surface area (Å²) in [6.45, 7) is 0.603. The van der Waals surface area contributed by atoms with E-state index in [0.717, 1.165) is 6.42 Å². The number of carbonyl (C=O) groups excluding carboxylic acids is 2. The summed E-state index contributed by atoms with van der Waals surface area (Å²) in [4.78, 5) is 26.2. The molecule has 130 valence electrons. The predicted octanol–water partition coefficient (Wildman–Crippen LogP) is 4.38. The molecule has 2 amide bonds. The molecule has 25 heavy (non-hydrogen) atoms. The Hall–Kier alpha value is -2.24. The number of hydrogen-bond donors (Lipinski definition) is 1. The molecule has 1 fully saturated rings. The lowest BCUT2D eigenvalue weighted by Gasteiger charge is -2.18. The zero-order valence-electron chi connectivity index (χ0n) is 13.5. The average molecular weight is 379 g/mol. The molecule has 1 aliphatic rings. The van der Waals surface area contributed by atoms with Crippen molar-refractivity contribution in [1.82, 2.24) is 0 Å². The van der Waals surface area contributed by atoms with E-state index in [1.807, 2.05) is 0 Å². The number of benzene rings is 2. The van der Waals surface area contributed by atoms with Gasteiger partial charge < -0.3 is 15.0 Å². The number of hydrogen-bond acceptors (Lipinski definition) is 3. The number of nitrogens with zero attached hydrogens (tertiary/aromatic N) is 1. The molecule has 1 heterocycles. The molecule has 1 aliphatic heterocycles. The highest BCUT2D eigenvalue weighted by Gasteiger charge is 2.24. The molecule has 3 rings (SSSR count). The van der Waals surface area contributed by atoms with Crippen LogP contribution in [0.15, 0.2) is 36.4 Å². The number of ether oxygens (including phenoxy) is 1. The van der Waals surface area contributed by atoms with Crippen molar-refractivity contribution in [3.63, 3.8) is 0 Å². The van der Waals surface area contributed by atoms with Crippen molar-refractivity contribution in [3.8, 4) is 5.75 Å². The minimum atomic E-state index is -0.342. The second kappa shape index (κ2) is 7.33. The van der Waals surface area contributed by atoms with Crippen LogP contribution in [-0.2, 0) is 4.79 Å². The third-order valence-electron chi connectivity index (χ3n) is 3.98. The molecule has 2 aromatic rings. The predicted molar refractivity (Wildman–Crippen MR) is 99.0 cm³/mol. The van der Waals surface area contributed by atoms with Gasteiger partial charge in [0, 0.05) is 23.6 Å². The molecule has 0 aromatic heterocycles. The highest BCUT2D eigenvalue weighted by molar-refractivity contribution is 6.34. The Morgan fingerprint density at radius 1 is 1.20 bits per heavy atom. The first-order valence-corrected chi connectivity index (χ1v) is 8.50. The van der Waals surface area contributed by atoms with Crippen molar-refractivity contribution in [2.75, 3.05) is 23.9 Å². The van der Waals surface area contributed by atoms with E-state index in [4.69, 9.17) is 27.9 Å². The van der Waals surface area contributed by atoms with Gasteiger partial charge in [-0.3, -0.25) is 9.59 Å². The third-order valence-corrected chi connectivity index (χ3v) is 4.54. The van der Waals surface area contributed by atoms with Gasteiger partial charge in [-0.25, -0.2) is 0 Å². The van der Waals surface area contributed by atoms with Gasteiger partial charge in [-0.15, -0.1) is 0 Å². The summed E-state index contributed by atoms with van der Waals surface area (Å²) < 4.78 is 5.23. The molecule has 0 unspecified atom stereocenters. The number of rotatable bonds is 4. The minimum Gasteiger partial charge on any atom is -0.495 e. The Morgan fingerprint density at radius 3 is 2.68 bits per heavy atom. The topological polar surface area (TPSA) is 58.6 Å². The first kappa shape index (κ1) is 17.6. The molecule has 7 heteroatoms. The van der Waals surface area contributed by atoms with Crippen LogP contribution >= 0.6 is 23.2 Å². The Bertz CT molecular complexity index is 839. The summed E-state index contributed by atoms with van der Waals surface area (Å²) in [7, 11) is 1.51. The number of nitrogens with one attached hydrogen (secondary N) is 1. The first-order valence-electron chi connectivity index (χ1n) is 7.74. The van der Waals surface area contributed by atoms with Gasteiger partial charge in [-0.1, -0.05) is 23.2 Å². The zero-order chi connectivity index (χ0) is 18.0. The van der Waals surface area contributed by atoms with Gasteiger partial charge in [-0.05, 0) is 42.8 Å². The largest absolute Gasteiger partial charge is 0.495 e. The van der Waals surface area contributed by atoms with E-state index in [2.05, 4.69) is 5.32 Å². The zero-order valence-corrected chi connectivity index (χ0v) is 15.0. The number of anilines is 2. The van der Waals surface area contributed by atoms with Crippen LogP contribution < -0.4 is 15.0 Å². The Morgan fingerprint density at radius 2 is 2.00 bits per heavy atom. The maximum Gasteiger partial charge on any atom is 0.255 e. The van der Waals surface area contributed by atoms with Crippen LogP contribution in [0.1, 0.15) is 23.2 Å². The van der Waals surface area contributed by atoms with Crippen LogP contribution in [0.25, 0.3) is 0 Å². The first-order chi connectivity index (χ1) is 12.0. The van der Waals surface area contributed by atoms with Crippen molar-refractivity contribution < 1.29 is 14.3 Å². The maximum absolute atomic E-state index is 12.6. The Kier molecular flexibility index (Phi) is 5.16. The molecule has 0 aliphatic carbocycles. The summed E-state index contributed by atoms with van der Waals surface area (Å²) >= 11 is 12.2. The highest BCUT2D eigenvalue weighted by Crippen LogP contribution is 2.32. The van der Waals surface area contributed by atoms with Crippen molar-refractivity contribution in [2.45, 2.75) is 12.8 Å². The van der Waals surface area contributed by atoms with E-state index in [-0.39, 0.29) is 11.8 Å². The van der Waals surface area contributed by atoms with Gasteiger partial charge in [0.05, 0.1) is 23.5 Å². The molecule has 1 N–H and O–H groups in total. The molecule has 0 spiro atoms. The van der Waals surface area contributed by atoms with E-state index in [1.165, 1.54) is 7.11 Å². The monoisotopic (exact) mass is 378 g/mol. The smallest absolute Gasteiger partial charge is 0.255 e. The number of carbonyl (C=O) groups is 2. The van der Waals surface area contributed by atoms with Crippen molar-refractivity contribution >= 4 is 46.4 Å². The average Bonchev–Trinajstić information content (AvgIpc) is 3.01. The summed E-state index contributed by atoms with van der Waals surface area (Å²) in [6, 6.07) is 9.81. The van der Waals surface area contributed by atoms with Gasteiger partial charge in [0.1, 0.15) is 5.75 Å². The van der Waals surface area contributed by atoms with Crippen molar-refractivity contribution in [1.29, 1.82) is 0 Å². The molecule has 0 radical (unpaired) electrons. The normalized spacial score (nSPS) is 13.9. The molecule has 0 atom stereocenters. The van der Waals surface area contributed by atoms with Gasteiger partial charge in [0.2, 0.25) is 5.91 Å². The number of methoxy groups -OCH3 is 1. The van der Waals surface area contributed by atoms with E-state index in [1.54, 1.807) is 41.3 Å². The fraction of sp³-hybridized carbons (Fsp3) is 0.222. The van der Waals surface area contributed by atoms with Crippen LogP contribution in [0, 0.1) is 0 Å². The maximum atomic E-state index is 12.6. The van der Waals surface area contributed by atoms with Crippen LogP contribution in [-0.4, -0.2) is 25.5 Å². The minimum absolute atomic E-state index is 0.0102.